The molecule has 9 heteroatoms. The Morgan fingerprint density at radius 1 is 1.20 bits per heavy atom. The van der Waals surface area contributed by atoms with E-state index in [-0.39, 0.29) is 17.2 Å². The third-order valence-corrected chi connectivity index (χ3v) is 6.20. The van der Waals surface area contributed by atoms with Gasteiger partial charge in [0.15, 0.2) is 0 Å². The van der Waals surface area contributed by atoms with Gasteiger partial charge >= 0.3 is 12.3 Å². The maximum atomic E-state index is 12.5. The second kappa shape index (κ2) is 9.28. The average molecular weight is 488 g/mol. The summed E-state index contributed by atoms with van der Waals surface area (Å²) in [7, 11) is 0. The fourth-order valence-corrected chi connectivity index (χ4v) is 5.21. The summed E-state index contributed by atoms with van der Waals surface area (Å²) >= 11 is 0. The van der Waals surface area contributed by atoms with Crippen molar-refractivity contribution < 1.29 is 27.8 Å². The van der Waals surface area contributed by atoms with Gasteiger partial charge in [-0.3, -0.25) is 0 Å². The monoisotopic (exact) mass is 487 g/mol. The van der Waals surface area contributed by atoms with Gasteiger partial charge in [0.1, 0.15) is 5.75 Å². The molecular formula is C26H28F3N3O3. The SMILES string of the molecule is C[C@@H]1C[C@@H](n2c(Nc3ccc(OC(F)(F)F)cc3)nc3cc(/C=C/C(=O)O)ccc32)CC(C)(C)C1. The van der Waals surface area contributed by atoms with Crippen LogP contribution in [0.25, 0.3) is 17.1 Å². The van der Waals surface area contributed by atoms with E-state index in [0.29, 0.717) is 28.6 Å². The second-order valence-corrected chi connectivity index (χ2v) is 9.99. The number of benzene rings is 2. The lowest BCUT2D eigenvalue weighted by Gasteiger charge is -2.40. The number of nitrogens with one attached hydrogen (secondary N) is 1. The number of halogens is 3. The van der Waals surface area contributed by atoms with E-state index in [1.54, 1.807) is 0 Å². The van der Waals surface area contributed by atoms with E-state index in [2.05, 4.69) is 35.4 Å². The number of carboxylic acid groups (broad SMARTS) is 1. The van der Waals surface area contributed by atoms with Gasteiger partial charge in [0.2, 0.25) is 5.95 Å². The van der Waals surface area contributed by atoms with E-state index in [9.17, 15) is 18.0 Å². The zero-order valence-corrected chi connectivity index (χ0v) is 19.8. The third kappa shape index (κ3) is 6.15. The molecule has 0 unspecified atom stereocenters. The first-order chi connectivity index (χ1) is 16.4. The number of fused-ring (bicyclic) bond motifs is 1. The number of rotatable bonds is 6. The molecule has 0 aliphatic heterocycles. The summed E-state index contributed by atoms with van der Waals surface area (Å²) in [5, 5.41) is 12.2. The highest BCUT2D eigenvalue weighted by Crippen LogP contribution is 2.46. The summed E-state index contributed by atoms with van der Waals surface area (Å²) in [5.41, 5.74) is 3.05. The number of nitrogens with zero attached hydrogens (tertiary/aromatic N) is 2. The Bertz CT molecular complexity index is 1250. The van der Waals surface area contributed by atoms with Crippen LogP contribution in [0, 0.1) is 11.3 Å². The number of carboxylic acids is 1. The molecule has 1 aromatic heterocycles. The van der Waals surface area contributed by atoms with E-state index >= 15 is 0 Å². The number of alkyl halides is 3. The van der Waals surface area contributed by atoms with Crippen LogP contribution in [-0.4, -0.2) is 27.0 Å². The topological polar surface area (TPSA) is 76.4 Å². The van der Waals surface area contributed by atoms with Crippen molar-refractivity contribution in [1.29, 1.82) is 0 Å². The van der Waals surface area contributed by atoms with Crippen molar-refractivity contribution in [2.75, 3.05) is 5.32 Å². The number of aromatic nitrogens is 2. The molecule has 2 N–H and O–H groups in total. The molecule has 0 radical (unpaired) electrons. The molecule has 35 heavy (non-hydrogen) atoms. The van der Waals surface area contributed by atoms with Crippen molar-refractivity contribution in [2.24, 2.45) is 11.3 Å². The third-order valence-electron chi connectivity index (χ3n) is 6.20. The zero-order chi connectivity index (χ0) is 25.4. The average Bonchev–Trinajstić information content (AvgIpc) is 3.08. The Morgan fingerprint density at radius 3 is 2.54 bits per heavy atom. The van der Waals surface area contributed by atoms with Crippen LogP contribution in [-0.2, 0) is 4.79 Å². The molecule has 4 rings (SSSR count). The predicted molar refractivity (Wildman–Crippen MR) is 129 cm³/mol. The number of imidazole rings is 1. The largest absolute Gasteiger partial charge is 0.573 e. The van der Waals surface area contributed by atoms with Crippen molar-refractivity contribution in [2.45, 2.75) is 52.4 Å². The van der Waals surface area contributed by atoms with Gasteiger partial charge in [0.25, 0.3) is 0 Å². The molecule has 0 saturated heterocycles. The molecule has 1 aliphatic carbocycles. The molecule has 0 amide bonds. The summed E-state index contributed by atoms with van der Waals surface area (Å²) in [5.74, 6) is -0.229. The molecule has 3 aromatic rings. The molecule has 2 aromatic carbocycles. The van der Waals surface area contributed by atoms with E-state index in [1.807, 2.05) is 18.2 Å². The van der Waals surface area contributed by atoms with Crippen molar-refractivity contribution in [1.82, 2.24) is 9.55 Å². The minimum absolute atomic E-state index is 0.150. The quantitative estimate of drug-likeness (QED) is 0.361. The van der Waals surface area contributed by atoms with Gasteiger partial charge in [-0.05, 0) is 78.6 Å². The van der Waals surface area contributed by atoms with E-state index in [0.717, 1.165) is 30.9 Å². The molecule has 1 saturated carbocycles. The van der Waals surface area contributed by atoms with Gasteiger partial charge in [0, 0.05) is 17.8 Å². The minimum atomic E-state index is -4.75. The number of aliphatic carboxylic acids is 1. The first-order valence-electron chi connectivity index (χ1n) is 11.4. The first-order valence-corrected chi connectivity index (χ1v) is 11.4. The lowest BCUT2D eigenvalue weighted by atomic mass is 9.70. The maximum absolute atomic E-state index is 12.5. The van der Waals surface area contributed by atoms with Crippen molar-refractivity contribution in [3.63, 3.8) is 0 Å². The Kier molecular flexibility index (Phi) is 6.53. The summed E-state index contributed by atoms with van der Waals surface area (Å²) in [6.07, 6.45) is 0.898. The molecule has 6 nitrogen and oxygen atoms in total. The summed E-state index contributed by atoms with van der Waals surface area (Å²) in [6.45, 7) is 6.76. The van der Waals surface area contributed by atoms with Crippen LogP contribution in [0.1, 0.15) is 51.6 Å². The zero-order valence-electron chi connectivity index (χ0n) is 19.8. The molecular weight excluding hydrogens is 459 g/mol. The molecule has 1 aliphatic rings. The van der Waals surface area contributed by atoms with Crippen LogP contribution < -0.4 is 10.1 Å². The summed E-state index contributed by atoms with van der Waals surface area (Å²) in [4.78, 5) is 15.7. The Hall–Kier alpha value is -3.49. The molecule has 2 atom stereocenters. The van der Waals surface area contributed by atoms with Crippen LogP contribution in [0.5, 0.6) is 5.75 Å². The van der Waals surface area contributed by atoms with Crippen molar-refractivity contribution in [3.05, 3.63) is 54.1 Å². The van der Waals surface area contributed by atoms with Crippen LogP contribution in [0.15, 0.2) is 48.5 Å². The lowest BCUT2D eigenvalue weighted by Crippen LogP contribution is -2.29. The van der Waals surface area contributed by atoms with Crippen molar-refractivity contribution >= 4 is 34.7 Å². The molecule has 1 fully saturated rings. The number of carbonyl (C=O) groups is 1. The molecule has 186 valence electrons. The number of hydrogen-bond acceptors (Lipinski definition) is 4. The normalized spacial score (nSPS) is 20.3. The predicted octanol–water partition coefficient (Wildman–Crippen LogP) is 7.16. The molecule has 1 heterocycles. The number of hydrogen-bond donors (Lipinski definition) is 2. The van der Waals surface area contributed by atoms with Gasteiger partial charge in [-0.2, -0.15) is 0 Å². The summed E-state index contributed by atoms with van der Waals surface area (Å²) < 4.78 is 43.6. The fraction of sp³-hybridized carbons (Fsp3) is 0.385. The highest BCUT2D eigenvalue weighted by molar-refractivity contribution is 5.87. The first kappa shape index (κ1) is 24.6. The molecule has 0 spiro atoms. The second-order valence-electron chi connectivity index (χ2n) is 9.99. The number of anilines is 2. The van der Waals surface area contributed by atoms with Gasteiger partial charge in [0.05, 0.1) is 11.0 Å². The van der Waals surface area contributed by atoms with E-state index in [4.69, 9.17) is 10.1 Å². The lowest BCUT2D eigenvalue weighted by molar-refractivity contribution is -0.274. The van der Waals surface area contributed by atoms with Gasteiger partial charge < -0.3 is 19.7 Å². The standard InChI is InChI=1S/C26H28F3N3O3/c1-16-12-19(15-25(2,3)14-16)32-22-10-4-17(5-11-23(33)34)13-21(22)31-24(32)30-18-6-8-20(9-7-18)35-26(27,28)29/h4-11,13,16,19H,12,14-15H2,1-3H3,(H,30,31)(H,33,34)/b11-5+/t16-,19-/m1/s1. The Labute approximate surface area is 201 Å². The van der Waals surface area contributed by atoms with Crippen LogP contribution in [0.3, 0.4) is 0 Å². The molecule has 0 bridgehead atoms. The number of ether oxygens (including phenoxy) is 1. The Morgan fingerprint density at radius 2 is 1.91 bits per heavy atom. The van der Waals surface area contributed by atoms with Gasteiger partial charge in [-0.25, -0.2) is 9.78 Å². The van der Waals surface area contributed by atoms with E-state index in [1.165, 1.54) is 30.3 Å². The maximum Gasteiger partial charge on any atom is 0.573 e. The highest BCUT2D eigenvalue weighted by atomic mass is 19.4. The van der Waals surface area contributed by atoms with Crippen LogP contribution >= 0.6 is 0 Å². The smallest absolute Gasteiger partial charge is 0.478 e. The van der Waals surface area contributed by atoms with Crippen LogP contribution in [0.4, 0.5) is 24.8 Å². The summed E-state index contributed by atoms with van der Waals surface area (Å²) in [6, 6.07) is 11.3. The Balaban J connectivity index is 1.73. The van der Waals surface area contributed by atoms with E-state index < -0.39 is 12.3 Å². The minimum Gasteiger partial charge on any atom is -0.478 e. The fourth-order valence-electron chi connectivity index (χ4n) is 5.21. The van der Waals surface area contributed by atoms with Crippen LogP contribution in [0.2, 0.25) is 0 Å². The van der Waals surface area contributed by atoms with Gasteiger partial charge in [-0.1, -0.05) is 26.8 Å². The highest BCUT2D eigenvalue weighted by Gasteiger charge is 2.35. The van der Waals surface area contributed by atoms with Gasteiger partial charge in [-0.15, -0.1) is 13.2 Å². The van der Waals surface area contributed by atoms with Crippen molar-refractivity contribution in [3.8, 4) is 5.75 Å².